The molecule has 4 nitrogen and oxygen atoms in total. The normalized spacial score (nSPS) is 17.1. The van der Waals surface area contributed by atoms with Gasteiger partial charge in [-0.15, -0.1) is 0 Å². The largest absolute Gasteiger partial charge is 0.328 e. The molecule has 0 bridgehead atoms. The van der Waals surface area contributed by atoms with Gasteiger partial charge >= 0.3 is 6.03 Å². The zero-order valence-corrected chi connectivity index (χ0v) is 7.85. The monoisotopic (exact) mass is 192 g/mol. The summed E-state index contributed by atoms with van der Waals surface area (Å²) in [5.74, 6) is 0.251. The van der Waals surface area contributed by atoms with Crippen LogP contribution in [0.1, 0.15) is 12.8 Å². The fourth-order valence-corrected chi connectivity index (χ4v) is 1.57. The molecule has 1 fully saturated rings. The number of hydrogen-bond acceptors (Lipinski definition) is 2. The van der Waals surface area contributed by atoms with Crippen LogP contribution in [-0.2, 0) is 4.79 Å². The number of rotatable bonds is 0. The molecule has 2 heterocycles. The van der Waals surface area contributed by atoms with Gasteiger partial charge in [-0.05, 0) is 12.1 Å². The fourth-order valence-electron chi connectivity index (χ4n) is 1.57. The lowest BCUT2D eigenvalue weighted by Crippen LogP contribution is -2.40. The number of ketones is 1. The fraction of sp³-hybridized carbons (Fsp3) is 0.400. The molecule has 0 saturated carbocycles. The maximum absolute atomic E-state index is 11.7. The molecule has 4 heteroatoms. The van der Waals surface area contributed by atoms with Gasteiger partial charge in [0.1, 0.15) is 5.78 Å². The minimum Gasteiger partial charge on any atom is -0.323 e. The minimum absolute atomic E-state index is 0.0394. The molecule has 0 aliphatic carbocycles. The minimum atomic E-state index is -0.0394. The summed E-state index contributed by atoms with van der Waals surface area (Å²) in [7, 11) is 0. The highest BCUT2D eigenvalue weighted by Crippen LogP contribution is 2.07. The number of carbonyl (C=O) groups is 2. The molecule has 1 aromatic heterocycles. The zero-order chi connectivity index (χ0) is 9.97. The molecule has 0 spiro atoms. The summed E-state index contributed by atoms with van der Waals surface area (Å²) in [6.07, 6.45) is 4.43. The third-order valence-corrected chi connectivity index (χ3v) is 2.42. The number of carbonyl (C=O) groups excluding carboxylic acids is 2. The van der Waals surface area contributed by atoms with Gasteiger partial charge in [0.2, 0.25) is 0 Å². The Hall–Kier alpha value is -1.58. The Morgan fingerprint density at radius 1 is 1.14 bits per heavy atom. The Morgan fingerprint density at radius 3 is 2.29 bits per heavy atom. The van der Waals surface area contributed by atoms with Crippen molar-refractivity contribution in [3.63, 3.8) is 0 Å². The predicted octanol–water partition coefficient (Wildman–Crippen LogP) is 1.12. The van der Waals surface area contributed by atoms with E-state index in [1.807, 2.05) is 12.1 Å². The second-order valence-electron chi connectivity index (χ2n) is 3.40. The first-order chi connectivity index (χ1) is 6.77. The summed E-state index contributed by atoms with van der Waals surface area (Å²) in [6.45, 7) is 1.10. The summed E-state index contributed by atoms with van der Waals surface area (Å²) in [6, 6.07) is 3.59. The van der Waals surface area contributed by atoms with Crippen LogP contribution in [-0.4, -0.2) is 34.4 Å². The third-order valence-electron chi connectivity index (χ3n) is 2.42. The van der Waals surface area contributed by atoms with Crippen LogP contribution in [0.4, 0.5) is 4.79 Å². The molecule has 1 saturated heterocycles. The first kappa shape index (κ1) is 8.99. The summed E-state index contributed by atoms with van der Waals surface area (Å²) in [5, 5.41) is 0. The number of piperidine rings is 1. The molecule has 0 atom stereocenters. The number of hydrogen-bond donors (Lipinski definition) is 0. The highest BCUT2D eigenvalue weighted by Gasteiger charge is 2.20. The molecule has 14 heavy (non-hydrogen) atoms. The second kappa shape index (κ2) is 3.65. The lowest BCUT2D eigenvalue weighted by atomic mass is 10.1. The van der Waals surface area contributed by atoms with E-state index in [0.29, 0.717) is 25.9 Å². The van der Waals surface area contributed by atoms with E-state index in [1.165, 1.54) is 4.57 Å². The van der Waals surface area contributed by atoms with Crippen LogP contribution in [0.25, 0.3) is 0 Å². The number of nitrogens with zero attached hydrogens (tertiary/aromatic N) is 2. The number of Topliss-reactive ketones (excluding diaryl/α,β-unsaturated/α-hetero) is 1. The molecule has 1 aliphatic rings. The Balaban J connectivity index is 2.03. The van der Waals surface area contributed by atoms with E-state index in [4.69, 9.17) is 0 Å². The van der Waals surface area contributed by atoms with E-state index in [-0.39, 0.29) is 11.8 Å². The van der Waals surface area contributed by atoms with Gasteiger partial charge in [0, 0.05) is 38.3 Å². The highest BCUT2D eigenvalue weighted by atomic mass is 16.2. The van der Waals surface area contributed by atoms with Crippen molar-refractivity contribution in [1.82, 2.24) is 9.47 Å². The Labute approximate surface area is 82.1 Å². The molecular formula is C10H12N2O2. The van der Waals surface area contributed by atoms with Crippen molar-refractivity contribution < 1.29 is 9.59 Å². The van der Waals surface area contributed by atoms with Gasteiger partial charge < -0.3 is 4.90 Å². The van der Waals surface area contributed by atoms with E-state index in [0.717, 1.165) is 0 Å². The van der Waals surface area contributed by atoms with Crippen LogP contribution in [0.2, 0.25) is 0 Å². The van der Waals surface area contributed by atoms with Crippen molar-refractivity contribution >= 4 is 11.8 Å². The maximum Gasteiger partial charge on any atom is 0.328 e. The molecule has 0 radical (unpaired) electrons. The molecule has 1 amide bonds. The van der Waals surface area contributed by atoms with Crippen molar-refractivity contribution in [3.05, 3.63) is 24.5 Å². The van der Waals surface area contributed by atoms with E-state index in [1.54, 1.807) is 17.3 Å². The first-order valence-electron chi connectivity index (χ1n) is 4.71. The molecule has 2 rings (SSSR count). The van der Waals surface area contributed by atoms with Gasteiger partial charge in [-0.3, -0.25) is 9.36 Å². The summed E-state index contributed by atoms with van der Waals surface area (Å²) >= 11 is 0. The molecule has 1 aromatic rings. The Kier molecular flexibility index (Phi) is 2.35. The van der Waals surface area contributed by atoms with E-state index in [9.17, 15) is 9.59 Å². The number of amides is 1. The lowest BCUT2D eigenvalue weighted by Gasteiger charge is -2.25. The van der Waals surface area contributed by atoms with Crippen LogP contribution in [0, 0.1) is 0 Å². The van der Waals surface area contributed by atoms with E-state index >= 15 is 0 Å². The van der Waals surface area contributed by atoms with Gasteiger partial charge in [-0.25, -0.2) is 4.79 Å². The summed E-state index contributed by atoms with van der Waals surface area (Å²) in [5.41, 5.74) is 0. The van der Waals surface area contributed by atoms with Crippen molar-refractivity contribution in [1.29, 1.82) is 0 Å². The van der Waals surface area contributed by atoms with Gasteiger partial charge in [0.25, 0.3) is 0 Å². The topological polar surface area (TPSA) is 42.3 Å². The molecule has 1 aliphatic heterocycles. The standard InChI is InChI=1S/C10H12N2O2/c13-9-3-7-12(8-4-9)10(14)11-5-1-2-6-11/h1-2,5-6H,3-4,7-8H2. The Bertz CT molecular complexity index is 333. The second-order valence-corrected chi connectivity index (χ2v) is 3.40. The zero-order valence-electron chi connectivity index (χ0n) is 7.85. The van der Waals surface area contributed by atoms with E-state index in [2.05, 4.69) is 0 Å². The predicted molar refractivity (Wildman–Crippen MR) is 51.0 cm³/mol. The Morgan fingerprint density at radius 2 is 1.71 bits per heavy atom. The molecule has 0 aromatic carbocycles. The van der Waals surface area contributed by atoms with Crippen LogP contribution in [0.3, 0.4) is 0 Å². The maximum atomic E-state index is 11.7. The van der Waals surface area contributed by atoms with Crippen LogP contribution in [0.15, 0.2) is 24.5 Å². The smallest absolute Gasteiger partial charge is 0.323 e. The van der Waals surface area contributed by atoms with Crippen molar-refractivity contribution in [2.24, 2.45) is 0 Å². The van der Waals surface area contributed by atoms with Crippen molar-refractivity contribution in [3.8, 4) is 0 Å². The van der Waals surface area contributed by atoms with Gasteiger partial charge in [0.15, 0.2) is 0 Å². The molecule has 74 valence electrons. The third kappa shape index (κ3) is 1.69. The van der Waals surface area contributed by atoms with Gasteiger partial charge in [-0.1, -0.05) is 0 Å². The average molecular weight is 192 g/mol. The van der Waals surface area contributed by atoms with Crippen molar-refractivity contribution in [2.75, 3.05) is 13.1 Å². The molecule has 0 N–H and O–H groups in total. The van der Waals surface area contributed by atoms with E-state index < -0.39 is 0 Å². The number of aromatic nitrogens is 1. The van der Waals surface area contributed by atoms with Crippen LogP contribution in [0.5, 0.6) is 0 Å². The van der Waals surface area contributed by atoms with Gasteiger partial charge in [0.05, 0.1) is 0 Å². The average Bonchev–Trinajstić information content (AvgIpc) is 2.71. The summed E-state index contributed by atoms with van der Waals surface area (Å²) < 4.78 is 1.54. The molecule has 0 unspecified atom stereocenters. The SMILES string of the molecule is O=C1CCN(C(=O)n2cccc2)CC1. The van der Waals surface area contributed by atoms with Crippen LogP contribution >= 0.6 is 0 Å². The van der Waals surface area contributed by atoms with Crippen LogP contribution < -0.4 is 0 Å². The lowest BCUT2D eigenvalue weighted by molar-refractivity contribution is -0.120. The highest BCUT2D eigenvalue weighted by molar-refractivity contribution is 5.83. The quantitative estimate of drug-likeness (QED) is 0.618. The van der Waals surface area contributed by atoms with Crippen molar-refractivity contribution in [2.45, 2.75) is 12.8 Å². The first-order valence-corrected chi connectivity index (χ1v) is 4.71. The number of likely N-dealkylation sites (tertiary alicyclic amines) is 1. The van der Waals surface area contributed by atoms with Gasteiger partial charge in [-0.2, -0.15) is 0 Å². The summed E-state index contributed by atoms with van der Waals surface area (Å²) in [4.78, 5) is 24.4. The molecular weight excluding hydrogens is 180 g/mol.